The first-order chi connectivity index (χ1) is 14.4. The molecule has 4 aliphatic rings. The van der Waals surface area contributed by atoms with Gasteiger partial charge in [0.15, 0.2) is 0 Å². The van der Waals surface area contributed by atoms with Gasteiger partial charge in [0.2, 0.25) is 0 Å². The van der Waals surface area contributed by atoms with Crippen molar-refractivity contribution >= 4 is 11.9 Å². The van der Waals surface area contributed by atoms with Crippen molar-refractivity contribution in [3.63, 3.8) is 0 Å². The summed E-state index contributed by atoms with van der Waals surface area (Å²) in [6.07, 6.45) is -0.387. The van der Waals surface area contributed by atoms with E-state index in [1.54, 1.807) is 0 Å². The van der Waals surface area contributed by atoms with Gasteiger partial charge in [0.05, 0.1) is 12.2 Å². The summed E-state index contributed by atoms with van der Waals surface area (Å²) in [5.41, 5.74) is -0.668. The molecule has 1 aliphatic carbocycles. The third-order valence-electron chi connectivity index (χ3n) is 8.06. The fourth-order valence-corrected chi connectivity index (χ4v) is 6.80. The maximum Gasteiger partial charge on any atom is 0.303 e. The molecule has 2 bridgehead atoms. The van der Waals surface area contributed by atoms with E-state index in [0.717, 1.165) is 5.57 Å². The highest BCUT2D eigenvalue weighted by atomic mass is 16.7. The topological polar surface area (TPSA) is 94.6 Å². The van der Waals surface area contributed by atoms with E-state index in [4.69, 9.17) is 18.9 Å². The number of aliphatic hydroxyl groups is 1. The van der Waals surface area contributed by atoms with Gasteiger partial charge in [0.25, 0.3) is 0 Å². The second-order valence-electron chi connectivity index (χ2n) is 10.6. The Morgan fingerprint density at radius 1 is 1.19 bits per heavy atom. The van der Waals surface area contributed by atoms with Gasteiger partial charge in [0, 0.05) is 31.6 Å². The molecule has 1 saturated carbocycles. The highest BCUT2D eigenvalue weighted by molar-refractivity contribution is 5.67. The summed E-state index contributed by atoms with van der Waals surface area (Å²) in [5.74, 6) is -0.493. The van der Waals surface area contributed by atoms with E-state index in [-0.39, 0.29) is 53.9 Å². The molecule has 3 aliphatic heterocycles. The van der Waals surface area contributed by atoms with Crippen molar-refractivity contribution in [2.75, 3.05) is 0 Å². The van der Waals surface area contributed by atoms with Crippen LogP contribution in [0.5, 0.6) is 0 Å². The molecule has 0 unspecified atom stereocenters. The smallest absolute Gasteiger partial charge is 0.303 e. The van der Waals surface area contributed by atoms with Crippen molar-refractivity contribution < 1.29 is 33.6 Å². The lowest BCUT2D eigenvalue weighted by Crippen LogP contribution is -2.57. The molecule has 31 heavy (non-hydrogen) atoms. The predicted octanol–water partition coefficient (Wildman–Crippen LogP) is 2.78. The lowest BCUT2D eigenvalue weighted by Gasteiger charge is -2.47. The second-order valence-corrected chi connectivity index (χ2v) is 10.6. The van der Waals surface area contributed by atoms with Crippen molar-refractivity contribution in [1.82, 2.24) is 0 Å². The van der Waals surface area contributed by atoms with E-state index in [0.29, 0.717) is 19.3 Å². The van der Waals surface area contributed by atoms with Crippen LogP contribution in [-0.4, -0.2) is 58.8 Å². The molecule has 3 heterocycles. The van der Waals surface area contributed by atoms with Gasteiger partial charge in [-0.2, -0.15) is 0 Å². The quantitative estimate of drug-likeness (QED) is 0.413. The molecular weight excluding hydrogens is 400 g/mol. The van der Waals surface area contributed by atoms with Crippen LogP contribution in [0.25, 0.3) is 0 Å². The van der Waals surface area contributed by atoms with Gasteiger partial charge < -0.3 is 24.1 Å². The minimum Gasteiger partial charge on any atom is -0.459 e. The van der Waals surface area contributed by atoms with Gasteiger partial charge in [0.1, 0.15) is 29.5 Å². The van der Waals surface area contributed by atoms with Gasteiger partial charge in [-0.15, -0.1) is 0 Å². The van der Waals surface area contributed by atoms with E-state index in [1.807, 2.05) is 6.92 Å². The highest BCUT2D eigenvalue weighted by Gasteiger charge is 2.76. The third kappa shape index (κ3) is 3.62. The monoisotopic (exact) mass is 436 g/mol. The molecule has 0 aromatic carbocycles. The molecule has 7 heteroatoms. The normalized spacial score (nSPS) is 48.7. The summed E-state index contributed by atoms with van der Waals surface area (Å²) in [4.78, 5) is 24.0. The Bertz CT molecular complexity index is 778. The maximum absolute atomic E-state index is 12.1. The number of fused-ring (bicyclic) bond motifs is 7. The summed E-state index contributed by atoms with van der Waals surface area (Å²) in [6.45, 7) is 15.2. The lowest BCUT2D eigenvalue weighted by atomic mass is 9.58. The van der Waals surface area contributed by atoms with Gasteiger partial charge in [-0.05, 0) is 44.6 Å². The third-order valence-corrected chi connectivity index (χ3v) is 8.06. The Balaban J connectivity index is 1.82. The first-order valence-electron chi connectivity index (χ1n) is 11.4. The molecule has 7 nitrogen and oxygen atoms in total. The Labute approximate surface area is 184 Å². The molecule has 3 saturated heterocycles. The molecule has 4 rings (SSSR count). The van der Waals surface area contributed by atoms with E-state index in [1.165, 1.54) is 13.8 Å². The SMILES string of the molecule is C=C1C[C@H]2O[C@H]([C@@H]3[C@@H](C(C)C)[C@H](OC(C)=O)[C@H]4O[C@@]4(C)[C@@H]32)[C@](C)(OC(C)=O)CC[C@@H]1O. The van der Waals surface area contributed by atoms with Crippen molar-refractivity contribution in [2.45, 2.75) is 103 Å². The Morgan fingerprint density at radius 3 is 2.45 bits per heavy atom. The van der Waals surface area contributed by atoms with E-state index in [9.17, 15) is 14.7 Å². The number of aliphatic hydroxyl groups excluding tert-OH is 1. The molecule has 0 amide bonds. The fourth-order valence-electron chi connectivity index (χ4n) is 6.80. The molecule has 0 spiro atoms. The minimum atomic E-state index is -0.916. The summed E-state index contributed by atoms with van der Waals surface area (Å²) in [6, 6.07) is 0. The number of hydrogen-bond donors (Lipinski definition) is 1. The standard InChI is InChI=1S/C24H36O7/c1-11(2)17-18-19(24(7)22(31-24)20(17)28-13(4)25)16-10-12(3)15(27)8-9-23(6,21(18)29-16)30-14(5)26/h11,15-22,27H,3,8-10H2,1-2,4-7H3/t15-,16+,17+,18+,19+,20-,21+,22+,23+,24-/m0/s1. The predicted molar refractivity (Wildman–Crippen MR) is 112 cm³/mol. The van der Waals surface area contributed by atoms with Crippen molar-refractivity contribution in [2.24, 2.45) is 23.7 Å². The highest BCUT2D eigenvalue weighted by Crippen LogP contribution is 2.65. The lowest BCUT2D eigenvalue weighted by molar-refractivity contribution is -0.183. The average Bonchev–Trinajstić information content (AvgIpc) is 3.18. The number of ether oxygens (including phenoxy) is 4. The number of esters is 2. The first kappa shape index (κ1) is 22.7. The van der Waals surface area contributed by atoms with E-state index in [2.05, 4.69) is 27.4 Å². The average molecular weight is 437 g/mol. The van der Waals surface area contributed by atoms with Gasteiger partial charge in [-0.25, -0.2) is 0 Å². The van der Waals surface area contributed by atoms with Crippen LogP contribution in [-0.2, 0) is 28.5 Å². The van der Waals surface area contributed by atoms with Crippen molar-refractivity contribution in [1.29, 1.82) is 0 Å². The molecule has 174 valence electrons. The number of hydrogen-bond acceptors (Lipinski definition) is 7. The van der Waals surface area contributed by atoms with Crippen molar-refractivity contribution in [3.8, 4) is 0 Å². The molecule has 4 fully saturated rings. The zero-order valence-electron chi connectivity index (χ0n) is 19.4. The zero-order valence-corrected chi connectivity index (χ0v) is 19.4. The fraction of sp³-hybridized carbons (Fsp3) is 0.833. The second kappa shape index (κ2) is 7.56. The van der Waals surface area contributed by atoms with Crippen LogP contribution in [0.1, 0.15) is 60.8 Å². The van der Waals surface area contributed by atoms with Crippen LogP contribution in [0, 0.1) is 23.7 Å². The molecule has 0 radical (unpaired) electrons. The van der Waals surface area contributed by atoms with Crippen LogP contribution in [0.15, 0.2) is 12.2 Å². The molecule has 0 aromatic heterocycles. The van der Waals surface area contributed by atoms with Gasteiger partial charge >= 0.3 is 11.9 Å². The van der Waals surface area contributed by atoms with Crippen LogP contribution < -0.4 is 0 Å². The first-order valence-corrected chi connectivity index (χ1v) is 11.4. The molecule has 1 N–H and O–H groups in total. The number of epoxide rings is 1. The maximum atomic E-state index is 12.1. The summed E-state index contributed by atoms with van der Waals surface area (Å²) in [7, 11) is 0. The number of carbonyl (C=O) groups is 2. The minimum absolute atomic E-state index is 0.00280. The van der Waals surface area contributed by atoms with Crippen molar-refractivity contribution in [3.05, 3.63) is 12.2 Å². The molecular formula is C24H36O7. The Kier molecular flexibility index (Phi) is 5.55. The summed E-state index contributed by atoms with van der Waals surface area (Å²) in [5, 5.41) is 10.6. The van der Waals surface area contributed by atoms with E-state index >= 15 is 0 Å². The summed E-state index contributed by atoms with van der Waals surface area (Å²) >= 11 is 0. The summed E-state index contributed by atoms with van der Waals surface area (Å²) < 4.78 is 24.7. The van der Waals surface area contributed by atoms with Crippen LogP contribution in [0.2, 0.25) is 0 Å². The zero-order chi connectivity index (χ0) is 22.9. The van der Waals surface area contributed by atoms with E-state index < -0.39 is 23.4 Å². The molecule has 0 aromatic rings. The van der Waals surface area contributed by atoms with Gasteiger partial charge in [-0.3, -0.25) is 9.59 Å². The Hall–Kier alpha value is -1.44. The Morgan fingerprint density at radius 2 is 1.87 bits per heavy atom. The number of carbonyl (C=O) groups excluding carboxylic acids is 2. The molecule has 10 atom stereocenters. The largest absolute Gasteiger partial charge is 0.459 e. The van der Waals surface area contributed by atoms with Gasteiger partial charge in [-0.1, -0.05) is 20.4 Å². The number of rotatable bonds is 3. The van der Waals surface area contributed by atoms with Crippen LogP contribution in [0.4, 0.5) is 0 Å². The van der Waals surface area contributed by atoms with Crippen LogP contribution >= 0.6 is 0 Å². The van der Waals surface area contributed by atoms with Crippen LogP contribution in [0.3, 0.4) is 0 Å².